The third-order valence-corrected chi connectivity index (χ3v) is 1.40. The summed E-state index contributed by atoms with van der Waals surface area (Å²) in [4.78, 5) is 14.5. The Hall–Kier alpha value is -1.71. The fourth-order valence-corrected chi connectivity index (χ4v) is 0.777. The number of nitrogens with zero attached hydrogens (tertiary/aromatic N) is 1. The molecule has 3 nitrogen and oxygen atoms in total. The van der Waals surface area contributed by atoms with Crippen LogP contribution >= 0.6 is 0 Å². The van der Waals surface area contributed by atoms with Crippen molar-refractivity contribution in [3.63, 3.8) is 0 Å². The first-order chi connectivity index (χ1) is 6.24. The number of hydrogen-bond acceptors (Lipinski definition) is 2. The zero-order chi connectivity index (χ0) is 9.68. The van der Waals surface area contributed by atoms with Crippen molar-refractivity contribution in [2.75, 3.05) is 6.54 Å². The molecule has 13 heavy (non-hydrogen) atoms. The molecule has 1 amide bonds. The van der Waals surface area contributed by atoms with Gasteiger partial charge in [-0.2, -0.15) is 4.39 Å². The van der Waals surface area contributed by atoms with Crippen molar-refractivity contribution in [3.8, 4) is 0 Å². The third kappa shape index (κ3) is 2.66. The van der Waals surface area contributed by atoms with Gasteiger partial charge in [0, 0.05) is 12.7 Å². The van der Waals surface area contributed by atoms with Gasteiger partial charge in [0.25, 0.3) is 5.91 Å². The summed E-state index contributed by atoms with van der Waals surface area (Å²) < 4.78 is 12.3. The number of rotatable bonds is 3. The number of pyridine rings is 1. The molecule has 1 N–H and O–H groups in total. The summed E-state index contributed by atoms with van der Waals surface area (Å²) in [6, 6.07) is 2.52. The van der Waals surface area contributed by atoms with E-state index in [2.05, 4.69) is 16.9 Å². The van der Waals surface area contributed by atoms with E-state index in [1.807, 2.05) is 0 Å². The van der Waals surface area contributed by atoms with Gasteiger partial charge < -0.3 is 5.32 Å². The lowest BCUT2D eigenvalue weighted by molar-refractivity contribution is 0.0957. The van der Waals surface area contributed by atoms with Crippen LogP contribution in [0.25, 0.3) is 0 Å². The number of hydrogen-bond donors (Lipinski definition) is 1. The smallest absolute Gasteiger partial charge is 0.253 e. The zero-order valence-electron chi connectivity index (χ0n) is 6.96. The van der Waals surface area contributed by atoms with Crippen LogP contribution in [0.4, 0.5) is 4.39 Å². The minimum atomic E-state index is -0.597. The molecular weight excluding hydrogens is 171 g/mol. The second kappa shape index (κ2) is 4.35. The molecule has 0 saturated carbocycles. The first kappa shape index (κ1) is 9.38. The van der Waals surface area contributed by atoms with Crippen LogP contribution in [0.1, 0.15) is 10.4 Å². The first-order valence-corrected chi connectivity index (χ1v) is 3.74. The fourth-order valence-electron chi connectivity index (χ4n) is 0.777. The lowest BCUT2D eigenvalue weighted by atomic mass is 10.3. The Morgan fingerprint density at radius 3 is 3.00 bits per heavy atom. The minimum Gasteiger partial charge on any atom is -0.349 e. The molecule has 0 radical (unpaired) electrons. The molecule has 0 aliphatic heterocycles. The van der Waals surface area contributed by atoms with E-state index in [4.69, 9.17) is 0 Å². The Morgan fingerprint density at radius 1 is 1.69 bits per heavy atom. The molecular formula is C9H9FN2O. The van der Waals surface area contributed by atoms with Crippen LogP contribution < -0.4 is 5.32 Å². The van der Waals surface area contributed by atoms with E-state index in [0.717, 1.165) is 6.07 Å². The molecule has 0 aliphatic rings. The molecule has 0 unspecified atom stereocenters. The largest absolute Gasteiger partial charge is 0.349 e. The lowest BCUT2D eigenvalue weighted by Gasteiger charge is -2.00. The van der Waals surface area contributed by atoms with Crippen molar-refractivity contribution in [1.29, 1.82) is 0 Å². The van der Waals surface area contributed by atoms with E-state index in [1.54, 1.807) is 6.08 Å². The maximum Gasteiger partial charge on any atom is 0.253 e. The molecule has 0 spiro atoms. The molecule has 68 valence electrons. The Balaban J connectivity index is 2.66. The van der Waals surface area contributed by atoms with Crippen molar-refractivity contribution in [2.24, 2.45) is 0 Å². The summed E-state index contributed by atoms with van der Waals surface area (Å²) in [7, 11) is 0. The average Bonchev–Trinajstić information content (AvgIpc) is 2.15. The Bertz CT molecular complexity index is 308. The molecule has 1 heterocycles. The topological polar surface area (TPSA) is 42.0 Å². The zero-order valence-corrected chi connectivity index (χ0v) is 6.96. The van der Waals surface area contributed by atoms with Crippen LogP contribution in [0.2, 0.25) is 0 Å². The van der Waals surface area contributed by atoms with Gasteiger partial charge in [-0.3, -0.25) is 4.79 Å². The number of halogens is 1. The summed E-state index contributed by atoms with van der Waals surface area (Å²) in [5.74, 6) is -0.882. The van der Waals surface area contributed by atoms with Gasteiger partial charge >= 0.3 is 0 Å². The number of carbonyl (C=O) groups excluding carboxylic acids is 1. The SMILES string of the molecule is C=CCNC(=O)c1ccc(F)nc1. The second-order valence-corrected chi connectivity index (χ2v) is 2.37. The van der Waals surface area contributed by atoms with Gasteiger partial charge in [0.05, 0.1) is 5.56 Å². The van der Waals surface area contributed by atoms with Gasteiger partial charge in [0.1, 0.15) is 0 Å². The Labute approximate surface area is 75.3 Å². The van der Waals surface area contributed by atoms with Gasteiger partial charge in [-0.25, -0.2) is 4.98 Å². The van der Waals surface area contributed by atoms with Gasteiger partial charge in [-0.1, -0.05) is 6.08 Å². The second-order valence-electron chi connectivity index (χ2n) is 2.37. The van der Waals surface area contributed by atoms with Crippen LogP contribution in [0, 0.1) is 5.95 Å². The number of nitrogens with one attached hydrogen (secondary N) is 1. The van der Waals surface area contributed by atoms with E-state index < -0.39 is 5.95 Å². The Morgan fingerprint density at radius 2 is 2.46 bits per heavy atom. The standard InChI is InChI=1S/C9H9FN2O/c1-2-5-11-9(13)7-3-4-8(10)12-6-7/h2-4,6H,1,5H2,(H,11,13). The van der Waals surface area contributed by atoms with Crippen LogP contribution in [0.5, 0.6) is 0 Å². The summed E-state index contributed by atoms with van der Waals surface area (Å²) in [6.45, 7) is 3.84. The van der Waals surface area contributed by atoms with E-state index >= 15 is 0 Å². The van der Waals surface area contributed by atoms with E-state index in [9.17, 15) is 9.18 Å². The summed E-state index contributed by atoms with van der Waals surface area (Å²) in [5.41, 5.74) is 0.336. The Kier molecular flexibility index (Phi) is 3.14. The van der Waals surface area contributed by atoms with Crippen molar-refractivity contribution in [3.05, 3.63) is 42.5 Å². The number of carbonyl (C=O) groups is 1. The van der Waals surface area contributed by atoms with E-state index in [1.165, 1.54) is 12.3 Å². The average molecular weight is 180 g/mol. The summed E-state index contributed by atoms with van der Waals surface area (Å²) in [5, 5.41) is 2.55. The molecule has 0 aromatic carbocycles. The fraction of sp³-hybridized carbons (Fsp3) is 0.111. The molecule has 0 atom stereocenters. The summed E-state index contributed by atoms with van der Waals surface area (Å²) in [6.07, 6.45) is 2.75. The molecule has 1 aromatic rings. The molecule has 0 fully saturated rings. The van der Waals surface area contributed by atoms with Crippen molar-refractivity contribution in [1.82, 2.24) is 10.3 Å². The van der Waals surface area contributed by atoms with Crippen molar-refractivity contribution in [2.45, 2.75) is 0 Å². The molecule has 4 heteroatoms. The quantitative estimate of drug-likeness (QED) is 0.559. The highest BCUT2D eigenvalue weighted by Crippen LogP contribution is 1.98. The minimum absolute atomic E-state index is 0.285. The van der Waals surface area contributed by atoms with Crippen LogP contribution in [-0.4, -0.2) is 17.4 Å². The first-order valence-electron chi connectivity index (χ1n) is 3.74. The van der Waals surface area contributed by atoms with Crippen LogP contribution in [-0.2, 0) is 0 Å². The molecule has 0 bridgehead atoms. The molecule has 1 aromatic heterocycles. The predicted octanol–water partition coefficient (Wildman–Crippen LogP) is 1.14. The highest BCUT2D eigenvalue weighted by Gasteiger charge is 2.03. The van der Waals surface area contributed by atoms with Gasteiger partial charge in [-0.15, -0.1) is 6.58 Å². The van der Waals surface area contributed by atoms with E-state index in [0.29, 0.717) is 12.1 Å². The predicted molar refractivity (Wildman–Crippen MR) is 46.7 cm³/mol. The third-order valence-electron chi connectivity index (χ3n) is 1.40. The highest BCUT2D eigenvalue weighted by atomic mass is 19.1. The van der Waals surface area contributed by atoms with Gasteiger partial charge in [-0.05, 0) is 12.1 Å². The molecule has 0 aliphatic carbocycles. The maximum atomic E-state index is 12.3. The van der Waals surface area contributed by atoms with Crippen LogP contribution in [0.15, 0.2) is 31.0 Å². The monoisotopic (exact) mass is 180 g/mol. The highest BCUT2D eigenvalue weighted by molar-refractivity contribution is 5.93. The van der Waals surface area contributed by atoms with Crippen molar-refractivity contribution < 1.29 is 9.18 Å². The molecule has 1 rings (SSSR count). The van der Waals surface area contributed by atoms with E-state index in [-0.39, 0.29) is 5.91 Å². The normalized spacial score (nSPS) is 9.31. The molecule has 0 saturated heterocycles. The van der Waals surface area contributed by atoms with Crippen LogP contribution in [0.3, 0.4) is 0 Å². The lowest BCUT2D eigenvalue weighted by Crippen LogP contribution is -2.23. The van der Waals surface area contributed by atoms with Crippen molar-refractivity contribution >= 4 is 5.91 Å². The maximum absolute atomic E-state index is 12.3. The van der Waals surface area contributed by atoms with Gasteiger partial charge in [0.15, 0.2) is 0 Å². The number of aromatic nitrogens is 1. The summed E-state index contributed by atoms with van der Waals surface area (Å²) >= 11 is 0. The number of amides is 1. The van der Waals surface area contributed by atoms with Gasteiger partial charge in [0.2, 0.25) is 5.95 Å².